The van der Waals surface area contributed by atoms with Gasteiger partial charge < -0.3 is 9.71 Å². The summed E-state index contributed by atoms with van der Waals surface area (Å²) in [6, 6.07) is -3.66. The van der Waals surface area contributed by atoms with Crippen molar-refractivity contribution in [2.45, 2.75) is 31.5 Å². The summed E-state index contributed by atoms with van der Waals surface area (Å²) in [5.41, 5.74) is -2.34. The van der Waals surface area contributed by atoms with E-state index in [0.29, 0.717) is 4.40 Å². The van der Waals surface area contributed by atoms with E-state index in [9.17, 15) is 0 Å². The molecule has 3 rings (SSSR count). The van der Waals surface area contributed by atoms with Crippen LogP contribution in [0.4, 0.5) is 0 Å². The first-order valence-electron chi connectivity index (χ1n) is 12.4. The third kappa shape index (κ3) is 2.22. The number of imidazole rings is 1. The van der Waals surface area contributed by atoms with E-state index in [1.807, 2.05) is 0 Å². The number of aromatic nitrogens is 2. The van der Waals surface area contributed by atoms with Gasteiger partial charge in [-0.1, -0.05) is 6.37 Å². The predicted molar refractivity (Wildman–Crippen MR) is 69.3 cm³/mol. The van der Waals surface area contributed by atoms with E-state index in [1.165, 1.54) is 6.07 Å². The van der Waals surface area contributed by atoms with Gasteiger partial charge in [0.15, 0.2) is 0 Å². The zero-order valence-corrected chi connectivity index (χ0v) is 8.87. The minimum Gasteiger partial charge on any atom is -0.314 e. The first-order chi connectivity index (χ1) is 14.8. The molecule has 18 heavy (non-hydrogen) atoms. The van der Waals surface area contributed by atoms with Gasteiger partial charge in [-0.05, 0) is 31.4 Å². The molecule has 2 atom stereocenters. The summed E-state index contributed by atoms with van der Waals surface area (Å²) in [4.78, 5) is 3.71. The fourth-order valence-electron chi connectivity index (χ4n) is 1.30. The molecule has 1 aliphatic rings. The molecule has 1 fully saturated rings. The molecule has 2 aromatic heterocycles. The molecule has 0 saturated carbocycles. The minimum atomic E-state index is -3.79. The number of fused-ring (bicyclic) bond motifs is 1. The molecule has 3 heterocycles. The van der Waals surface area contributed by atoms with Crippen LogP contribution in [-0.2, 0) is 6.37 Å². The summed E-state index contributed by atoms with van der Waals surface area (Å²) in [5, 5.41) is 8.80. The second kappa shape index (κ2) is 4.79. The quantitative estimate of drug-likeness (QED) is 0.891. The minimum absolute atomic E-state index is 0.363. The monoisotopic (exact) mass is 255 g/mol. The van der Waals surface area contributed by atoms with Crippen LogP contribution in [0.2, 0.25) is 1.41 Å². The van der Waals surface area contributed by atoms with E-state index in [-0.39, 0.29) is 5.31 Å². The SMILES string of the molecule is [2H]c1c(C#N)c([2H])c2nc(C([2H])([2H])[C@@]3([2H])N([2H])C([2H])C([2H])([2H])C([2H])([2H])C3([2H])[2H])c([2H])n2c1[2H]. The first-order valence-corrected chi connectivity index (χ1v) is 4.86. The molecule has 0 radical (unpaired) electrons. The van der Waals surface area contributed by atoms with Crippen molar-refractivity contribution in [1.82, 2.24) is 14.7 Å². The highest BCUT2D eigenvalue weighted by Gasteiger charge is 2.14. The zero-order chi connectivity index (χ0) is 25.7. The average molecular weight is 255 g/mol. The number of nitriles is 1. The molecule has 4 heteroatoms. The maximum Gasteiger partial charge on any atom is 0.138 e. The molecule has 4 nitrogen and oxygen atoms in total. The van der Waals surface area contributed by atoms with Gasteiger partial charge in [-0.25, -0.2) is 4.98 Å². The Morgan fingerprint density at radius 3 is 3.67 bits per heavy atom. The van der Waals surface area contributed by atoms with Gasteiger partial charge in [-0.2, -0.15) is 5.26 Å². The first kappa shape index (κ1) is 3.37. The Bertz CT molecular complexity index is 1200. The average Bonchev–Trinajstić information content (AvgIpc) is 3.07. The van der Waals surface area contributed by atoms with Crippen molar-refractivity contribution < 1.29 is 20.6 Å². The third-order valence-electron chi connectivity index (χ3n) is 2.04. The van der Waals surface area contributed by atoms with Crippen LogP contribution in [0.25, 0.3) is 5.65 Å². The Morgan fingerprint density at radius 1 is 1.83 bits per heavy atom. The maximum absolute atomic E-state index is 9.16. The van der Waals surface area contributed by atoms with Crippen molar-refractivity contribution in [3.8, 4) is 6.07 Å². The summed E-state index contributed by atoms with van der Waals surface area (Å²) in [7, 11) is 0. The van der Waals surface area contributed by atoms with Gasteiger partial charge in [-0.3, -0.25) is 0 Å². The standard InChI is InChI=1S/C14H16N4/c15-9-11-4-6-18-10-13(17-14(18)7-11)8-12-3-1-2-5-16-12/h4,6-7,10,12,16H,1-3,5,8H2/t12-/m0/s1/i1D2,2D2,3D2,4D,5D,6D,7D,8D2,10D,12D/hD/t5?,12-. The summed E-state index contributed by atoms with van der Waals surface area (Å²) >= 11 is 0. The van der Waals surface area contributed by atoms with Gasteiger partial charge in [0, 0.05) is 38.4 Å². The number of pyridine rings is 1. The van der Waals surface area contributed by atoms with Crippen molar-refractivity contribution in [1.29, 1.82) is 5.26 Å². The molecule has 92 valence electrons. The van der Waals surface area contributed by atoms with Crippen LogP contribution >= 0.6 is 0 Å². The lowest BCUT2D eigenvalue weighted by atomic mass is 10.0. The molecule has 1 unspecified atom stereocenters. The maximum atomic E-state index is 9.16. The Hall–Kier alpha value is -1.86. The fraction of sp³-hybridized carbons (Fsp3) is 0.429. The molecule has 0 aliphatic carbocycles. The number of nitrogens with one attached hydrogen (secondary N) is 1. The molecular weight excluding hydrogens is 224 g/mol. The van der Waals surface area contributed by atoms with Crippen LogP contribution in [-0.4, -0.2) is 21.9 Å². The van der Waals surface area contributed by atoms with Crippen LogP contribution in [0.15, 0.2) is 24.4 Å². The van der Waals surface area contributed by atoms with Gasteiger partial charge in [0.2, 0.25) is 0 Å². The molecule has 1 N–H and O–H groups in total. The molecule has 1 aliphatic heterocycles. The van der Waals surface area contributed by atoms with Crippen LogP contribution in [0.1, 0.15) is 49.6 Å². The Kier molecular flexibility index (Phi) is 0.896. The second-order valence-electron chi connectivity index (χ2n) is 3.21. The topological polar surface area (TPSA) is 53.1 Å². The molecule has 0 bridgehead atoms. The molecule has 2 aromatic rings. The molecule has 0 amide bonds. The van der Waals surface area contributed by atoms with Crippen molar-refractivity contribution in [2.75, 3.05) is 6.52 Å². The van der Waals surface area contributed by atoms with Crippen LogP contribution in [0.5, 0.6) is 0 Å². The van der Waals surface area contributed by atoms with Gasteiger partial charge >= 0.3 is 0 Å². The normalized spacial score (nSPS) is 50.4. The fourth-order valence-corrected chi connectivity index (χ4v) is 1.30. The largest absolute Gasteiger partial charge is 0.314 e. The number of nitrogens with zero attached hydrogens (tertiary/aromatic N) is 3. The van der Waals surface area contributed by atoms with E-state index in [0.717, 1.165) is 0 Å². The Labute approximate surface area is 127 Å². The third-order valence-corrected chi connectivity index (χ3v) is 2.04. The van der Waals surface area contributed by atoms with Crippen LogP contribution < -0.4 is 5.31 Å². The van der Waals surface area contributed by atoms with Gasteiger partial charge in [-0.15, -0.1) is 0 Å². The van der Waals surface area contributed by atoms with E-state index >= 15 is 0 Å². The molecular formula is C14H16N4. The predicted octanol–water partition coefficient (Wildman–Crippen LogP) is 1.89. The number of piperidine rings is 1. The Morgan fingerprint density at radius 2 is 2.78 bits per heavy atom. The smallest absolute Gasteiger partial charge is 0.138 e. The van der Waals surface area contributed by atoms with Crippen molar-refractivity contribution >= 4 is 5.65 Å². The molecule has 0 aromatic carbocycles. The Balaban J connectivity index is 2.41. The highest BCUT2D eigenvalue weighted by atomic mass is 15.0. The molecule has 1 saturated heterocycles. The van der Waals surface area contributed by atoms with Crippen LogP contribution in [0, 0.1) is 11.3 Å². The van der Waals surface area contributed by atoms with E-state index in [4.69, 9.17) is 25.9 Å². The van der Waals surface area contributed by atoms with Crippen molar-refractivity contribution in [3.63, 3.8) is 0 Å². The van der Waals surface area contributed by atoms with Crippen molar-refractivity contribution in [3.05, 3.63) is 35.7 Å². The van der Waals surface area contributed by atoms with Gasteiger partial charge in [0.05, 0.1) is 22.8 Å². The highest BCUT2D eigenvalue weighted by molar-refractivity contribution is 5.46. The van der Waals surface area contributed by atoms with E-state index in [1.54, 1.807) is 0 Å². The number of hydrogen-bond donors (Lipinski definition) is 1. The summed E-state index contributed by atoms with van der Waals surface area (Å²) in [6.07, 6.45) is -16.2. The van der Waals surface area contributed by atoms with Gasteiger partial charge in [0.1, 0.15) is 7.06 Å². The highest BCUT2D eigenvalue weighted by Crippen LogP contribution is 2.14. The summed E-state index contributed by atoms with van der Waals surface area (Å²) in [5.74, 6) is 0. The van der Waals surface area contributed by atoms with Crippen LogP contribution in [0.3, 0.4) is 0 Å². The lowest BCUT2D eigenvalue weighted by Crippen LogP contribution is -2.35. The summed E-state index contributed by atoms with van der Waals surface area (Å²) < 4.78 is 122. The zero-order valence-electron chi connectivity index (χ0n) is 23.9. The molecule has 0 spiro atoms. The van der Waals surface area contributed by atoms with Gasteiger partial charge in [0.25, 0.3) is 0 Å². The van der Waals surface area contributed by atoms with E-state index < -0.39 is 79.4 Å². The number of hydrogen-bond acceptors (Lipinski definition) is 3. The lowest BCUT2D eigenvalue weighted by molar-refractivity contribution is 0.397. The summed E-state index contributed by atoms with van der Waals surface area (Å²) in [6.45, 7) is -2.56. The number of rotatable bonds is 2. The second-order valence-corrected chi connectivity index (χ2v) is 3.21. The lowest BCUT2D eigenvalue weighted by Gasteiger charge is -2.22. The van der Waals surface area contributed by atoms with E-state index in [2.05, 4.69) is 4.98 Å². The van der Waals surface area contributed by atoms with Crippen molar-refractivity contribution in [2.24, 2.45) is 0 Å².